The lowest BCUT2D eigenvalue weighted by Crippen LogP contribution is -2.27. The van der Waals surface area contributed by atoms with Crippen LogP contribution in [0.15, 0.2) is 42.6 Å². The number of halogens is 1. The molecule has 0 unspecified atom stereocenters. The number of rotatable bonds is 3. The predicted octanol–water partition coefficient (Wildman–Crippen LogP) is 3.01. The standard InChI is InChI=1S/C17H14ClN3O2/c18-13-4-5-15-16-12(13)9-14(21(16)7-8-23-15)17(22)20-10-11-3-1-2-6-19-11/h1-6,9H,7-8,10H2,(H,20,22). The van der Waals surface area contributed by atoms with Crippen LogP contribution in [0.4, 0.5) is 0 Å². The Kier molecular flexibility index (Phi) is 3.42. The first-order chi connectivity index (χ1) is 11.2. The molecule has 3 heterocycles. The second kappa shape index (κ2) is 5.59. The fourth-order valence-electron chi connectivity index (χ4n) is 2.86. The first-order valence-electron chi connectivity index (χ1n) is 7.36. The number of hydrogen-bond donors (Lipinski definition) is 1. The molecule has 0 spiro atoms. The SMILES string of the molecule is O=C(NCc1ccccn1)c1cc2c(Cl)ccc3c2n1CCO3. The van der Waals surface area contributed by atoms with Crippen molar-refractivity contribution in [2.45, 2.75) is 13.1 Å². The number of aromatic nitrogens is 2. The van der Waals surface area contributed by atoms with E-state index in [1.54, 1.807) is 12.3 Å². The summed E-state index contributed by atoms with van der Waals surface area (Å²) in [6, 6.07) is 11.1. The minimum absolute atomic E-state index is 0.143. The monoisotopic (exact) mass is 327 g/mol. The third-order valence-electron chi connectivity index (χ3n) is 3.93. The van der Waals surface area contributed by atoms with E-state index in [4.69, 9.17) is 16.3 Å². The van der Waals surface area contributed by atoms with E-state index in [0.717, 1.165) is 22.3 Å². The van der Waals surface area contributed by atoms with Crippen LogP contribution in [0.5, 0.6) is 5.75 Å². The summed E-state index contributed by atoms with van der Waals surface area (Å²) in [5, 5.41) is 4.36. The molecule has 0 fully saturated rings. The summed E-state index contributed by atoms with van der Waals surface area (Å²) < 4.78 is 7.62. The van der Waals surface area contributed by atoms with Gasteiger partial charge in [0, 0.05) is 11.6 Å². The molecule has 1 N–H and O–H groups in total. The lowest BCUT2D eigenvalue weighted by molar-refractivity contribution is 0.0940. The van der Waals surface area contributed by atoms with E-state index in [9.17, 15) is 4.79 Å². The Morgan fingerprint density at radius 1 is 1.35 bits per heavy atom. The largest absolute Gasteiger partial charge is 0.490 e. The van der Waals surface area contributed by atoms with E-state index in [1.165, 1.54) is 0 Å². The third kappa shape index (κ3) is 2.43. The molecule has 0 saturated carbocycles. The number of carbonyl (C=O) groups excluding carboxylic acids is 1. The van der Waals surface area contributed by atoms with Crippen LogP contribution in [0.3, 0.4) is 0 Å². The summed E-state index contributed by atoms with van der Waals surface area (Å²) in [6.45, 7) is 1.56. The number of pyridine rings is 1. The van der Waals surface area contributed by atoms with Crippen molar-refractivity contribution in [1.82, 2.24) is 14.9 Å². The van der Waals surface area contributed by atoms with Crippen molar-refractivity contribution in [1.29, 1.82) is 0 Å². The molecular weight excluding hydrogens is 314 g/mol. The van der Waals surface area contributed by atoms with E-state index in [1.807, 2.05) is 34.9 Å². The Bertz CT molecular complexity index is 890. The summed E-state index contributed by atoms with van der Waals surface area (Å²) in [5.41, 5.74) is 2.29. The van der Waals surface area contributed by atoms with Gasteiger partial charge < -0.3 is 14.6 Å². The van der Waals surface area contributed by atoms with E-state index < -0.39 is 0 Å². The van der Waals surface area contributed by atoms with Crippen LogP contribution in [0.1, 0.15) is 16.2 Å². The van der Waals surface area contributed by atoms with Crippen LogP contribution >= 0.6 is 11.6 Å². The second-order valence-corrected chi connectivity index (χ2v) is 5.75. The molecule has 4 rings (SSSR count). The minimum atomic E-state index is -0.143. The Hall–Kier alpha value is -2.53. The van der Waals surface area contributed by atoms with Crippen molar-refractivity contribution < 1.29 is 9.53 Å². The maximum absolute atomic E-state index is 12.6. The van der Waals surface area contributed by atoms with Crippen molar-refractivity contribution in [3.8, 4) is 5.75 Å². The summed E-state index contributed by atoms with van der Waals surface area (Å²) in [6.07, 6.45) is 1.71. The molecule has 1 amide bonds. The molecule has 6 heteroatoms. The fourth-order valence-corrected chi connectivity index (χ4v) is 3.07. The van der Waals surface area contributed by atoms with Crippen molar-refractivity contribution in [3.63, 3.8) is 0 Å². The fraction of sp³-hybridized carbons (Fsp3) is 0.176. The number of nitrogens with zero attached hydrogens (tertiary/aromatic N) is 2. The molecule has 1 aliphatic heterocycles. The first kappa shape index (κ1) is 14.1. The molecule has 3 aromatic rings. The van der Waals surface area contributed by atoms with Gasteiger partial charge in [0.25, 0.3) is 5.91 Å². The zero-order valence-electron chi connectivity index (χ0n) is 12.3. The van der Waals surface area contributed by atoms with Crippen LogP contribution in [0.2, 0.25) is 5.02 Å². The highest BCUT2D eigenvalue weighted by atomic mass is 35.5. The van der Waals surface area contributed by atoms with Crippen molar-refractivity contribution in [2.75, 3.05) is 6.61 Å². The molecular formula is C17H14ClN3O2. The molecule has 116 valence electrons. The lowest BCUT2D eigenvalue weighted by Gasteiger charge is -2.19. The number of benzene rings is 1. The quantitative estimate of drug-likeness (QED) is 0.804. The van der Waals surface area contributed by atoms with Gasteiger partial charge in [0.15, 0.2) is 0 Å². The summed E-state index contributed by atoms with van der Waals surface area (Å²) >= 11 is 6.26. The number of hydrogen-bond acceptors (Lipinski definition) is 3. The van der Waals surface area contributed by atoms with Gasteiger partial charge in [-0.25, -0.2) is 0 Å². The highest BCUT2D eigenvalue weighted by molar-refractivity contribution is 6.36. The lowest BCUT2D eigenvalue weighted by atomic mass is 10.2. The Morgan fingerprint density at radius 2 is 2.26 bits per heavy atom. The molecule has 23 heavy (non-hydrogen) atoms. The normalized spacial score (nSPS) is 12.9. The molecule has 1 aromatic carbocycles. The van der Waals surface area contributed by atoms with Gasteiger partial charge >= 0.3 is 0 Å². The number of carbonyl (C=O) groups is 1. The van der Waals surface area contributed by atoms with Crippen molar-refractivity contribution in [3.05, 3.63) is 59.0 Å². The first-order valence-corrected chi connectivity index (χ1v) is 7.74. The van der Waals surface area contributed by atoms with E-state index in [0.29, 0.717) is 30.4 Å². The smallest absolute Gasteiger partial charge is 0.268 e. The number of ether oxygens (including phenoxy) is 1. The summed E-state index contributed by atoms with van der Waals surface area (Å²) in [5.74, 6) is 0.621. The second-order valence-electron chi connectivity index (χ2n) is 5.34. The van der Waals surface area contributed by atoms with Crippen molar-refractivity contribution >= 4 is 28.4 Å². The van der Waals surface area contributed by atoms with Gasteiger partial charge in [-0.1, -0.05) is 17.7 Å². The molecule has 1 aliphatic rings. The van der Waals surface area contributed by atoms with Crippen LogP contribution in [0, 0.1) is 0 Å². The molecule has 0 saturated heterocycles. The Morgan fingerprint density at radius 3 is 3.09 bits per heavy atom. The van der Waals surface area contributed by atoms with E-state index >= 15 is 0 Å². The van der Waals surface area contributed by atoms with Crippen LogP contribution in [0.25, 0.3) is 10.9 Å². The zero-order valence-corrected chi connectivity index (χ0v) is 13.0. The van der Waals surface area contributed by atoms with Gasteiger partial charge in [-0.15, -0.1) is 0 Å². The molecule has 0 bridgehead atoms. The van der Waals surface area contributed by atoms with Gasteiger partial charge in [0.1, 0.15) is 18.1 Å². The predicted molar refractivity (Wildman–Crippen MR) is 87.9 cm³/mol. The number of amides is 1. The minimum Gasteiger partial charge on any atom is -0.490 e. The molecule has 2 aromatic heterocycles. The Balaban J connectivity index is 1.68. The maximum atomic E-state index is 12.6. The van der Waals surface area contributed by atoms with Gasteiger partial charge in [-0.05, 0) is 30.3 Å². The topological polar surface area (TPSA) is 56.2 Å². The molecule has 5 nitrogen and oxygen atoms in total. The summed E-state index contributed by atoms with van der Waals surface area (Å²) in [7, 11) is 0. The average Bonchev–Trinajstić information content (AvgIpc) is 2.99. The Labute approximate surface area is 137 Å². The third-order valence-corrected chi connectivity index (χ3v) is 4.26. The van der Waals surface area contributed by atoms with Crippen LogP contribution in [-0.4, -0.2) is 22.1 Å². The van der Waals surface area contributed by atoms with Gasteiger partial charge in [0.2, 0.25) is 0 Å². The highest BCUT2D eigenvalue weighted by Gasteiger charge is 2.22. The molecule has 0 atom stereocenters. The highest BCUT2D eigenvalue weighted by Crippen LogP contribution is 2.36. The average molecular weight is 328 g/mol. The summed E-state index contributed by atoms with van der Waals surface area (Å²) in [4.78, 5) is 16.8. The van der Waals surface area contributed by atoms with Crippen LogP contribution < -0.4 is 10.1 Å². The van der Waals surface area contributed by atoms with E-state index in [2.05, 4.69) is 10.3 Å². The maximum Gasteiger partial charge on any atom is 0.268 e. The van der Waals surface area contributed by atoms with Crippen LogP contribution in [-0.2, 0) is 13.1 Å². The molecule has 0 radical (unpaired) electrons. The zero-order chi connectivity index (χ0) is 15.8. The number of nitrogens with one attached hydrogen (secondary N) is 1. The molecule has 0 aliphatic carbocycles. The van der Waals surface area contributed by atoms with Gasteiger partial charge in [-0.2, -0.15) is 0 Å². The van der Waals surface area contributed by atoms with Crippen molar-refractivity contribution in [2.24, 2.45) is 0 Å². The van der Waals surface area contributed by atoms with E-state index in [-0.39, 0.29) is 5.91 Å². The van der Waals surface area contributed by atoms with Gasteiger partial charge in [0.05, 0.1) is 29.3 Å². The van der Waals surface area contributed by atoms with Gasteiger partial charge in [-0.3, -0.25) is 9.78 Å².